The number of nitrogens with one attached hydrogen (secondary N) is 2. The average Bonchev–Trinajstić information content (AvgIpc) is 2.40. The molecule has 0 aliphatic heterocycles. The molecule has 0 aliphatic carbocycles. The molecule has 0 saturated carbocycles. The number of benzene rings is 2. The Bertz CT molecular complexity index is 623. The molecule has 2 aromatic carbocycles. The summed E-state index contributed by atoms with van der Waals surface area (Å²) in [5, 5.41) is 5.89. The minimum atomic E-state index is -0.559. The van der Waals surface area contributed by atoms with E-state index < -0.39 is 6.03 Å². The number of hydrogen-bond donors (Lipinski definition) is 3. The molecule has 0 fully saturated rings. The van der Waals surface area contributed by atoms with Crippen LogP contribution in [0.15, 0.2) is 42.5 Å². The fourth-order valence-corrected chi connectivity index (χ4v) is 1.97. The van der Waals surface area contributed by atoms with Gasteiger partial charge in [-0.2, -0.15) is 0 Å². The van der Waals surface area contributed by atoms with Crippen molar-refractivity contribution in [1.82, 2.24) is 0 Å². The number of carbonyl (C=O) groups is 1. The molecule has 2 rings (SSSR count). The van der Waals surface area contributed by atoms with E-state index in [2.05, 4.69) is 42.7 Å². The highest BCUT2D eigenvalue weighted by molar-refractivity contribution is 5.88. The Morgan fingerprint density at radius 2 is 1.80 bits per heavy atom. The Morgan fingerprint density at radius 1 is 1.05 bits per heavy atom. The Kier molecular flexibility index (Phi) is 4.25. The number of nitrogens with two attached hydrogens (primary N) is 1. The predicted octanol–water partition coefficient (Wildman–Crippen LogP) is 3.41. The van der Waals surface area contributed by atoms with Gasteiger partial charge in [0, 0.05) is 17.9 Å². The summed E-state index contributed by atoms with van der Waals surface area (Å²) in [5.41, 5.74) is 10.5. The second-order valence-corrected chi connectivity index (χ2v) is 4.84. The number of aryl methyl sites for hydroxylation is 2. The zero-order chi connectivity index (χ0) is 14.5. The van der Waals surface area contributed by atoms with E-state index in [1.165, 1.54) is 16.7 Å². The van der Waals surface area contributed by atoms with Crippen LogP contribution in [-0.4, -0.2) is 6.03 Å². The summed E-state index contributed by atoms with van der Waals surface area (Å²) < 4.78 is 0. The van der Waals surface area contributed by atoms with Gasteiger partial charge in [0.05, 0.1) is 0 Å². The fourth-order valence-electron chi connectivity index (χ4n) is 1.97. The lowest BCUT2D eigenvalue weighted by Crippen LogP contribution is -2.19. The van der Waals surface area contributed by atoms with Crippen molar-refractivity contribution in [2.75, 3.05) is 10.6 Å². The van der Waals surface area contributed by atoms with Crippen molar-refractivity contribution in [3.8, 4) is 0 Å². The van der Waals surface area contributed by atoms with E-state index in [0.29, 0.717) is 5.69 Å². The molecule has 0 saturated heterocycles. The molecule has 0 radical (unpaired) electrons. The highest BCUT2D eigenvalue weighted by Gasteiger charge is 2.00. The predicted molar refractivity (Wildman–Crippen MR) is 82.9 cm³/mol. The molecule has 4 heteroatoms. The van der Waals surface area contributed by atoms with Gasteiger partial charge in [-0.3, -0.25) is 0 Å². The minimum absolute atomic E-state index is 0.559. The lowest BCUT2D eigenvalue weighted by molar-refractivity contribution is 0.259. The summed E-state index contributed by atoms with van der Waals surface area (Å²) in [4.78, 5) is 10.8. The van der Waals surface area contributed by atoms with E-state index in [-0.39, 0.29) is 0 Å². The van der Waals surface area contributed by atoms with Gasteiger partial charge >= 0.3 is 6.03 Å². The lowest BCUT2D eigenvalue weighted by Gasteiger charge is -2.10. The van der Waals surface area contributed by atoms with Crippen LogP contribution in [0.1, 0.15) is 16.7 Å². The van der Waals surface area contributed by atoms with Crippen molar-refractivity contribution < 1.29 is 4.79 Å². The van der Waals surface area contributed by atoms with Gasteiger partial charge in [0.25, 0.3) is 0 Å². The van der Waals surface area contributed by atoms with Gasteiger partial charge in [-0.25, -0.2) is 4.79 Å². The first-order chi connectivity index (χ1) is 9.54. The van der Waals surface area contributed by atoms with Crippen LogP contribution in [0.3, 0.4) is 0 Å². The molecule has 0 unspecified atom stereocenters. The average molecular weight is 269 g/mol. The van der Waals surface area contributed by atoms with Crippen LogP contribution in [0.2, 0.25) is 0 Å². The maximum absolute atomic E-state index is 10.8. The van der Waals surface area contributed by atoms with Gasteiger partial charge < -0.3 is 16.4 Å². The van der Waals surface area contributed by atoms with Crippen LogP contribution in [0.25, 0.3) is 0 Å². The zero-order valence-corrected chi connectivity index (χ0v) is 11.7. The quantitative estimate of drug-likeness (QED) is 0.796. The summed E-state index contributed by atoms with van der Waals surface area (Å²) in [5.74, 6) is 0. The third-order valence-electron chi connectivity index (χ3n) is 3.20. The van der Waals surface area contributed by atoms with Gasteiger partial charge in [-0.1, -0.05) is 24.3 Å². The molecule has 104 valence electrons. The number of hydrogen-bond acceptors (Lipinski definition) is 2. The van der Waals surface area contributed by atoms with Crippen LogP contribution in [0.5, 0.6) is 0 Å². The highest BCUT2D eigenvalue weighted by atomic mass is 16.2. The van der Waals surface area contributed by atoms with Crippen LogP contribution in [0, 0.1) is 13.8 Å². The number of amides is 2. The van der Waals surface area contributed by atoms with Crippen molar-refractivity contribution in [3.05, 3.63) is 59.2 Å². The van der Waals surface area contributed by atoms with Crippen LogP contribution in [0.4, 0.5) is 16.2 Å². The lowest BCUT2D eigenvalue weighted by atomic mass is 10.1. The number of urea groups is 1. The number of rotatable bonds is 4. The van der Waals surface area contributed by atoms with Gasteiger partial charge in [0.2, 0.25) is 0 Å². The molecule has 2 aromatic rings. The SMILES string of the molecule is Cc1ccc(CNc2cccc(NC(N)=O)c2)cc1C. The monoisotopic (exact) mass is 269 g/mol. The summed E-state index contributed by atoms with van der Waals surface area (Å²) in [6, 6.07) is 13.3. The third kappa shape index (κ3) is 3.75. The van der Waals surface area contributed by atoms with E-state index in [4.69, 9.17) is 5.73 Å². The molecule has 2 amide bonds. The van der Waals surface area contributed by atoms with E-state index in [1.807, 2.05) is 18.2 Å². The van der Waals surface area contributed by atoms with E-state index in [0.717, 1.165) is 12.2 Å². The van der Waals surface area contributed by atoms with Gasteiger partial charge in [-0.15, -0.1) is 0 Å². The van der Waals surface area contributed by atoms with Crippen molar-refractivity contribution in [3.63, 3.8) is 0 Å². The fraction of sp³-hybridized carbons (Fsp3) is 0.188. The van der Waals surface area contributed by atoms with Crippen molar-refractivity contribution >= 4 is 17.4 Å². The molecule has 4 nitrogen and oxygen atoms in total. The first-order valence-corrected chi connectivity index (χ1v) is 6.51. The molecule has 0 atom stereocenters. The molecule has 0 heterocycles. The van der Waals surface area contributed by atoms with Crippen molar-refractivity contribution in [1.29, 1.82) is 0 Å². The number of carbonyl (C=O) groups excluding carboxylic acids is 1. The largest absolute Gasteiger partial charge is 0.381 e. The molecule has 0 aromatic heterocycles. The second kappa shape index (κ2) is 6.10. The maximum atomic E-state index is 10.8. The number of anilines is 2. The molecule has 4 N–H and O–H groups in total. The summed E-state index contributed by atoms with van der Waals surface area (Å²) >= 11 is 0. The highest BCUT2D eigenvalue weighted by Crippen LogP contribution is 2.17. The van der Waals surface area contributed by atoms with Gasteiger partial charge in [0.15, 0.2) is 0 Å². The standard InChI is InChI=1S/C16H19N3O/c1-11-6-7-13(8-12(11)2)10-18-14-4-3-5-15(9-14)19-16(17)20/h3-9,18H,10H2,1-2H3,(H3,17,19,20). The Balaban J connectivity index is 2.03. The molecule has 20 heavy (non-hydrogen) atoms. The number of primary amides is 1. The molecule has 0 bridgehead atoms. The van der Waals surface area contributed by atoms with Crippen LogP contribution in [-0.2, 0) is 6.54 Å². The molecular weight excluding hydrogens is 250 g/mol. The van der Waals surface area contributed by atoms with Gasteiger partial charge in [0.1, 0.15) is 0 Å². The first-order valence-electron chi connectivity index (χ1n) is 6.51. The Hall–Kier alpha value is -2.49. The summed E-state index contributed by atoms with van der Waals surface area (Å²) in [7, 11) is 0. The minimum Gasteiger partial charge on any atom is -0.381 e. The van der Waals surface area contributed by atoms with Crippen molar-refractivity contribution in [2.24, 2.45) is 5.73 Å². The Labute approximate surface area is 119 Å². The van der Waals surface area contributed by atoms with E-state index in [1.54, 1.807) is 6.07 Å². The topological polar surface area (TPSA) is 67.2 Å². The molecule has 0 aliphatic rings. The third-order valence-corrected chi connectivity index (χ3v) is 3.20. The van der Waals surface area contributed by atoms with Crippen LogP contribution >= 0.6 is 0 Å². The summed E-state index contributed by atoms with van der Waals surface area (Å²) in [6.07, 6.45) is 0. The molecule has 0 spiro atoms. The maximum Gasteiger partial charge on any atom is 0.316 e. The Morgan fingerprint density at radius 3 is 2.50 bits per heavy atom. The normalized spacial score (nSPS) is 10.1. The van der Waals surface area contributed by atoms with E-state index in [9.17, 15) is 4.79 Å². The summed E-state index contributed by atoms with van der Waals surface area (Å²) in [6.45, 7) is 4.95. The smallest absolute Gasteiger partial charge is 0.316 e. The zero-order valence-electron chi connectivity index (χ0n) is 11.7. The van der Waals surface area contributed by atoms with E-state index >= 15 is 0 Å². The second-order valence-electron chi connectivity index (χ2n) is 4.84. The van der Waals surface area contributed by atoms with Crippen LogP contribution < -0.4 is 16.4 Å². The molecular formula is C16H19N3O. The first kappa shape index (κ1) is 13.9. The van der Waals surface area contributed by atoms with Crippen molar-refractivity contribution in [2.45, 2.75) is 20.4 Å². The van der Waals surface area contributed by atoms with Gasteiger partial charge in [-0.05, 0) is 48.7 Å².